The Balaban J connectivity index is 2.64. The second-order valence-electron chi connectivity index (χ2n) is 3.38. The number of H-pyrrole nitrogens is 1. The zero-order chi connectivity index (χ0) is 13.3. The third-order valence-electron chi connectivity index (χ3n) is 2.28. The first-order chi connectivity index (χ1) is 8.54. The van der Waals surface area contributed by atoms with Crippen LogP contribution in [0.3, 0.4) is 0 Å². The number of benzene rings is 1. The molecule has 0 radical (unpaired) electrons. The number of ether oxygens (including phenoxy) is 1. The molecule has 7 heteroatoms. The number of aromatic nitrogens is 2. The quantitative estimate of drug-likeness (QED) is 0.919. The fraction of sp³-hybridized carbons (Fsp3) is 0.0909. The number of nitrogens with zero attached hydrogens (tertiary/aromatic N) is 1. The summed E-state index contributed by atoms with van der Waals surface area (Å²) in [5.41, 5.74) is 0.512. The minimum Gasteiger partial charge on any atom is -0.490 e. The Hall–Kier alpha value is -1.40. The van der Waals surface area contributed by atoms with Crippen molar-refractivity contribution < 1.29 is 9.13 Å². The maximum Gasteiger partial charge on any atom is 0.307 e. The van der Waals surface area contributed by atoms with Crippen LogP contribution in [-0.2, 0) is 0 Å². The van der Waals surface area contributed by atoms with Gasteiger partial charge in [-0.1, -0.05) is 11.6 Å². The molecule has 0 unspecified atom stereocenters. The molecule has 94 valence electrons. The molecule has 0 spiro atoms. The molecule has 1 heterocycles. The van der Waals surface area contributed by atoms with Gasteiger partial charge in [0.25, 0.3) is 0 Å². The van der Waals surface area contributed by atoms with Crippen LogP contribution in [0.15, 0.2) is 27.5 Å². The summed E-state index contributed by atoms with van der Waals surface area (Å²) in [5.74, 6) is -0.423. The van der Waals surface area contributed by atoms with Crippen LogP contribution >= 0.6 is 27.5 Å². The Bertz CT molecular complexity index is 660. The maximum absolute atomic E-state index is 13.1. The summed E-state index contributed by atoms with van der Waals surface area (Å²) >= 11 is 8.93. The van der Waals surface area contributed by atoms with E-state index in [0.717, 1.165) is 0 Å². The number of nitrogens with one attached hydrogen (secondary N) is 1. The van der Waals surface area contributed by atoms with Crippen LogP contribution in [0.25, 0.3) is 11.3 Å². The Labute approximate surface area is 115 Å². The molecule has 0 fully saturated rings. The molecule has 0 aliphatic carbocycles. The van der Waals surface area contributed by atoms with Gasteiger partial charge in [0.15, 0.2) is 0 Å². The van der Waals surface area contributed by atoms with Crippen molar-refractivity contribution in [3.8, 4) is 17.0 Å². The number of halogens is 3. The highest BCUT2D eigenvalue weighted by atomic mass is 79.9. The second-order valence-corrected chi connectivity index (χ2v) is 4.58. The summed E-state index contributed by atoms with van der Waals surface area (Å²) in [6.07, 6.45) is 0. The van der Waals surface area contributed by atoms with Crippen LogP contribution in [0.2, 0.25) is 5.02 Å². The van der Waals surface area contributed by atoms with Gasteiger partial charge in [0.2, 0.25) is 5.75 Å². The molecule has 0 aliphatic rings. The minimum absolute atomic E-state index is 0.0219. The molecule has 1 aromatic carbocycles. The van der Waals surface area contributed by atoms with Gasteiger partial charge in [0.05, 0.1) is 16.6 Å². The van der Waals surface area contributed by atoms with Crippen LogP contribution in [0.4, 0.5) is 4.39 Å². The molecule has 1 N–H and O–H groups in total. The fourth-order valence-electron chi connectivity index (χ4n) is 1.43. The van der Waals surface area contributed by atoms with Gasteiger partial charge in [-0.05, 0) is 34.1 Å². The van der Waals surface area contributed by atoms with Gasteiger partial charge in [0.1, 0.15) is 11.5 Å². The number of rotatable bonds is 2. The molecule has 0 atom stereocenters. The summed E-state index contributed by atoms with van der Waals surface area (Å²) in [5, 5.41) is 6.16. The third-order valence-corrected chi connectivity index (χ3v) is 3.31. The van der Waals surface area contributed by atoms with Gasteiger partial charge in [-0.2, -0.15) is 5.10 Å². The average molecular weight is 334 g/mol. The van der Waals surface area contributed by atoms with Crippen molar-refractivity contribution >= 4 is 27.5 Å². The highest BCUT2D eigenvalue weighted by Gasteiger charge is 2.15. The summed E-state index contributed by atoms with van der Waals surface area (Å²) in [4.78, 5) is 11.4. The summed E-state index contributed by atoms with van der Waals surface area (Å²) < 4.78 is 18.4. The van der Waals surface area contributed by atoms with Crippen molar-refractivity contribution in [2.75, 3.05) is 7.11 Å². The van der Waals surface area contributed by atoms with E-state index in [2.05, 4.69) is 26.1 Å². The number of hydrogen-bond acceptors (Lipinski definition) is 3. The molecule has 18 heavy (non-hydrogen) atoms. The third kappa shape index (κ3) is 2.26. The molecule has 0 saturated heterocycles. The van der Waals surface area contributed by atoms with E-state index in [1.165, 1.54) is 25.3 Å². The van der Waals surface area contributed by atoms with Crippen LogP contribution in [0.1, 0.15) is 0 Å². The number of aromatic amines is 1. The van der Waals surface area contributed by atoms with Crippen molar-refractivity contribution in [1.29, 1.82) is 0 Å². The van der Waals surface area contributed by atoms with Crippen LogP contribution in [0, 0.1) is 5.82 Å². The predicted molar refractivity (Wildman–Crippen MR) is 69.5 cm³/mol. The van der Waals surface area contributed by atoms with E-state index in [9.17, 15) is 9.18 Å². The molecule has 1 aromatic heterocycles. The van der Waals surface area contributed by atoms with E-state index in [1.54, 1.807) is 0 Å². The zero-order valence-electron chi connectivity index (χ0n) is 9.13. The lowest BCUT2D eigenvalue weighted by molar-refractivity contribution is 0.404. The molecular weight excluding hydrogens is 326 g/mol. The van der Waals surface area contributed by atoms with E-state index in [0.29, 0.717) is 15.7 Å². The topological polar surface area (TPSA) is 55.0 Å². The lowest BCUT2D eigenvalue weighted by Crippen LogP contribution is -2.12. The Kier molecular flexibility index (Phi) is 3.68. The van der Waals surface area contributed by atoms with Gasteiger partial charge in [0, 0.05) is 5.56 Å². The van der Waals surface area contributed by atoms with Crippen LogP contribution in [0.5, 0.6) is 5.75 Å². The summed E-state index contributed by atoms with van der Waals surface area (Å²) in [6.45, 7) is 0. The smallest absolute Gasteiger partial charge is 0.307 e. The molecule has 0 amide bonds. The fourth-order valence-corrected chi connectivity index (χ4v) is 2.27. The van der Waals surface area contributed by atoms with Crippen molar-refractivity contribution in [3.05, 3.63) is 43.9 Å². The minimum atomic E-state index is -0.520. The first-order valence-electron chi connectivity index (χ1n) is 4.82. The SMILES string of the molecule is COc1c(Br)c(-c2ccc(F)c(Cl)c2)n[nH]c1=O. The van der Waals surface area contributed by atoms with E-state index in [-0.39, 0.29) is 10.8 Å². The Morgan fingerprint density at radius 3 is 2.83 bits per heavy atom. The second kappa shape index (κ2) is 5.07. The summed E-state index contributed by atoms with van der Waals surface area (Å²) in [6, 6.07) is 4.15. The first kappa shape index (κ1) is 13.0. The van der Waals surface area contributed by atoms with E-state index >= 15 is 0 Å². The number of hydrogen-bond donors (Lipinski definition) is 1. The molecular formula is C11H7BrClFN2O2. The average Bonchev–Trinajstić information content (AvgIpc) is 2.34. The monoisotopic (exact) mass is 332 g/mol. The van der Waals surface area contributed by atoms with Gasteiger partial charge in [-0.15, -0.1) is 0 Å². The van der Waals surface area contributed by atoms with Gasteiger partial charge in [-0.25, -0.2) is 9.49 Å². The normalized spacial score (nSPS) is 10.4. The summed E-state index contributed by atoms with van der Waals surface area (Å²) in [7, 11) is 1.37. The van der Waals surface area contributed by atoms with E-state index < -0.39 is 11.4 Å². The number of methoxy groups -OCH3 is 1. The Morgan fingerprint density at radius 2 is 2.22 bits per heavy atom. The molecule has 4 nitrogen and oxygen atoms in total. The molecule has 0 aliphatic heterocycles. The van der Waals surface area contributed by atoms with Gasteiger partial charge < -0.3 is 4.74 Å². The van der Waals surface area contributed by atoms with Crippen LogP contribution in [-0.4, -0.2) is 17.3 Å². The van der Waals surface area contributed by atoms with Crippen molar-refractivity contribution in [2.45, 2.75) is 0 Å². The maximum atomic E-state index is 13.1. The highest BCUT2D eigenvalue weighted by Crippen LogP contribution is 2.32. The molecule has 2 rings (SSSR count). The lowest BCUT2D eigenvalue weighted by atomic mass is 10.1. The highest BCUT2D eigenvalue weighted by molar-refractivity contribution is 9.10. The Morgan fingerprint density at radius 1 is 1.50 bits per heavy atom. The van der Waals surface area contributed by atoms with Crippen molar-refractivity contribution in [1.82, 2.24) is 10.2 Å². The first-order valence-corrected chi connectivity index (χ1v) is 5.99. The van der Waals surface area contributed by atoms with Gasteiger partial charge in [-0.3, -0.25) is 4.79 Å². The van der Waals surface area contributed by atoms with E-state index in [4.69, 9.17) is 16.3 Å². The predicted octanol–water partition coefficient (Wildman–Crippen LogP) is 3.00. The van der Waals surface area contributed by atoms with Crippen molar-refractivity contribution in [2.24, 2.45) is 0 Å². The molecule has 2 aromatic rings. The molecule has 0 bridgehead atoms. The van der Waals surface area contributed by atoms with E-state index in [1.807, 2.05) is 0 Å². The lowest BCUT2D eigenvalue weighted by Gasteiger charge is -2.07. The van der Waals surface area contributed by atoms with Gasteiger partial charge >= 0.3 is 5.56 Å². The zero-order valence-corrected chi connectivity index (χ0v) is 11.5. The standard InChI is InChI=1S/C11H7BrClFN2O2/c1-18-10-8(12)9(15-16-11(10)17)5-2-3-7(14)6(13)4-5/h2-4H,1H3,(H,16,17). The molecule has 0 saturated carbocycles. The largest absolute Gasteiger partial charge is 0.490 e. The van der Waals surface area contributed by atoms with Crippen molar-refractivity contribution in [3.63, 3.8) is 0 Å². The van der Waals surface area contributed by atoms with Crippen LogP contribution < -0.4 is 10.3 Å².